The van der Waals surface area contributed by atoms with Crippen LogP contribution in [0.4, 0.5) is 0 Å². The number of rotatable bonds is 6. The zero-order valence-corrected chi connectivity index (χ0v) is 11.8. The van der Waals surface area contributed by atoms with Gasteiger partial charge in [-0.1, -0.05) is 6.08 Å². The van der Waals surface area contributed by atoms with E-state index in [0.717, 1.165) is 0 Å². The van der Waals surface area contributed by atoms with Gasteiger partial charge in [-0.15, -0.1) is 6.58 Å². The predicted octanol–water partition coefficient (Wildman–Crippen LogP) is 1.61. The van der Waals surface area contributed by atoms with Gasteiger partial charge in [0.05, 0.1) is 13.5 Å². The third kappa shape index (κ3) is 3.53. The van der Waals surface area contributed by atoms with Gasteiger partial charge in [0, 0.05) is 18.7 Å². The van der Waals surface area contributed by atoms with Crippen molar-refractivity contribution in [3.63, 3.8) is 0 Å². The van der Waals surface area contributed by atoms with Crippen molar-refractivity contribution in [1.82, 2.24) is 4.90 Å². The zero-order valence-electron chi connectivity index (χ0n) is 11.8. The smallest absolute Gasteiger partial charge is 0.307 e. The number of ether oxygens (including phenoxy) is 3. The summed E-state index contributed by atoms with van der Waals surface area (Å²) in [5.74, 6) is 0.614. The number of fused-ring (bicyclic) bond motifs is 1. The highest BCUT2D eigenvalue weighted by atomic mass is 16.7. The molecule has 6 nitrogen and oxygen atoms in total. The molecule has 1 aliphatic rings. The molecule has 1 aromatic rings. The first-order valence-electron chi connectivity index (χ1n) is 6.52. The lowest BCUT2D eigenvalue weighted by atomic mass is 10.1. The lowest BCUT2D eigenvalue weighted by Crippen LogP contribution is -2.33. The Bertz CT molecular complexity index is 555. The van der Waals surface area contributed by atoms with Crippen molar-refractivity contribution < 1.29 is 23.8 Å². The van der Waals surface area contributed by atoms with E-state index in [1.54, 1.807) is 24.3 Å². The van der Waals surface area contributed by atoms with Crippen LogP contribution >= 0.6 is 0 Å². The molecule has 0 bridgehead atoms. The van der Waals surface area contributed by atoms with Gasteiger partial charge in [-0.05, 0) is 18.2 Å². The maximum absolute atomic E-state index is 12.5. The summed E-state index contributed by atoms with van der Waals surface area (Å²) in [6, 6.07) is 5.00. The van der Waals surface area contributed by atoms with E-state index in [9.17, 15) is 9.59 Å². The van der Waals surface area contributed by atoms with E-state index in [2.05, 4.69) is 11.3 Å². The molecule has 0 radical (unpaired) electrons. The van der Waals surface area contributed by atoms with E-state index in [0.29, 0.717) is 23.6 Å². The molecule has 1 heterocycles. The summed E-state index contributed by atoms with van der Waals surface area (Å²) in [5, 5.41) is 0. The van der Waals surface area contributed by atoms with E-state index < -0.39 is 0 Å². The summed E-state index contributed by atoms with van der Waals surface area (Å²) >= 11 is 0. The van der Waals surface area contributed by atoms with Crippen LogP contribution in [-0.4, -0.2) is 43.8 Å². The monoisotopic (exact) mass is 291 g/mol. The van der Waals surface area contributed by atoms with Gasteiger partial charge in [-0.25, -0.2) is 0 Å². The number of carbonyl (C=O) groups is 2. The molecule has 6 heteroatoms. The van der Waals surface area contributed by atoms with E-state index in [-0.39, 0.29) is 31.6 Å². The number of hydrogen-bond donors (Lipinski definition) is 0. The van der Waals surface area contributed by atoms with Crippen LogP contribution in [0.5, 0.6) is 11.5 Å². The van der Waals surface area contributed by atoms with Crippen molar-refractivity contribution in [2.24, 2.45) is 0 Å². The van der Waals surface area contributed by atoms with Crippen molar-refractivity contribution in [3.05, 3.63) is 36.4 Å². The number of benzene rings is 1. The first-order valence-corrected chi connectivity index (χ1v) is 6.52. The summed E-state index contributed by atoms with van der Waals surface area (Å²) in [6.45, 7) is 4.41. The maximum Gasteiger partial charge on any atom is 0.307 e. The first-order chi connectivity index (χ1) is 10.2. The van der Waals surface area contributed by atoms with Crippen LogP contribution in [0.25, 0.3) is 0 Å². The van der Waals surface area contributed by atoms with Gasteiger partial charge in [-0.2, -0.15) is 0 Å². The van der Waals surface area contributed by atoms with Crippen molar-refractivity contribution in [3.8, 4) is 11.5 Å². The number of esters is 1. The second-order valence-corrected chi connectivity index (χ2v) is 4.43. The van der Waals surface area contributed by atoms with Gasteiger partial charge in [0.25, 0.3) is 5.91 Å². The lowest BCUT2D eigenvalue weighted by Gasteiger charge is -2.20. The van der Waals surface area contributed by atoms with Gasteiger partial charge >= 0.3 is 5.97 Å². The Morgan fingerprint density at radius 1 is 1.38 bits per heavy atom. The van der Waals surface area contributed by atoms with Crippen molar-refractivity contribution in [2.45, 2.75) is 6.42 Å². The van der Waals surface area contributed by atoms with Gasteiger partial charge in [0.2, 0.25) is 6.79 Å². The quantitative estimate of drug-likeness (QED) is 0.588. The summed E-state index contributed by atoms with van der Waals surface area (Å²) in [4.78, 5) is 25.2. The number of carbonyl (C=O) groups excluding carboxylic acids is 2. The van der Waals surface area contributed by atoms with Gasteiger partial charge < -0.3 is 19.1 Å². The second-order valence-electron chi connectivity index (χ2n) is 4.43. The van der Waals surface area contributed by atoms with Crippen LogP contribution in [-0.2, 0) is 9.53 Å². The molecular weight excluding hydrogens is 274 g/mol. The molecular formula is C15H17NO5. The Hall–Kier alpha value is -2.50. The molecule has 0 spiro atoms. The standard InChI is InChI=1S/C15H17NO5/c1-3-7-16(8-6-14(17)19-2)15(18)11-4-5-12-13(9-11)21-10-20-12/h3-5,9H,1,6-8,10H2,2H3. The molecule has 0 N–H and O–H groups in total. The van der Waals surface area contributed by atoms with Crippen LogP contribution in [0.3, 0.4) is 0 Å². The van der Waals surface area contributed by atoms with Crippen molar-refractivity contribution in [2.75, 3.05) is 27.0 Å². The van der Waals surface area contributed by atoms with Crippen LogP contribution < -0.4 is 9.47 Å². The van der Waals surface area contributed by atoms with Crippen LogP contribution in [0, 0.1) is 0 Å². The Kier molecular flexibility index (Phi) is 4.81. The molecule has 0 aliphatic carbocycles. The Labute approximate surface area is 122 Å². The van der Waals surface area contributed by atoms with Crippen LogP contribution in [0.2, 0.25) is 0 Å². The molecule has 0 aromatic heterocycles. The van der Waals surface area contributed by atoms with E-state index in [4.69, 9.17) is 9.47 Å². The summed E-state index contributed by atoms with van der Waals surface area (Å²) in [5.41, 5.74) is 0.478. The number of amides is 1. The number of hydrogen-bond acceptors (Lipinski definition) is 5. The summed E-state index contributed by atoms with van der Waals surface area (Å²) in [6.07, 6.45) is 1.75. The van der Waals surface area contributed by atoms with Crippen LogP contribution in [0.15, 0.2) is 30.9 Å². The summed E-state index contributed by atoms with van der Waals surface area (Å²) < 4.78 is 15.1. The lowest BCUT2D eigenvalue weighted by molar-refractivity contribution is -0.140. The number of nitrogens with zero attached hydrogens (tertiary/aromatic N) is 1. The summed E-state index contributed by atoms with van der Waals surface area (Å²) in [7, 11) is 1.32. The van der Waals surface area contributed by atoms with E-state index in [1.807, 2.05) is 0 Å². The third-order valence-electron chi connectivity index (χ3n) is 3.07. The van der Waals surface area contributed by atoms with E-state index in [1.165, 1.54) is 12.0 Å². The minimum absolute atomic E-state index is 0.140. The highest BCUT2D eigenvalue weighted by Crippen LogP contribution is 2.32. The molecule has 1 amide bonds. The number of methoxy groups -OCH3 is 1. The molecule has 21 heavy (non-hydrogen) atoms. The highest BCUT2D eigenvalue weighted by Gasteiger charge is 2.20. The Morgan fingerprint density at radius 3 is 2.86 bits per heavy atom. The fraction of sp³-hybridized carbons (Fsp3) is 0.333. The molecule has 0 fully saturated rings. The molecule has 2 rings (SSSR count). The average molecular weight is 291 g/mol. The van der Waals surface area contributed by atoms with Crippen LogP contribution in [0.1, 0.15) is 16.8 Å². The molecule has 0 unspecified atom stereocenters. The molecule has 0 saturated carbocycles. The third-order valence-corrected chi connectivity index (χ3v) is 3.07. The van der Waals surface area contributed by atoms with Crippen molar-refractivity contribution in [1.29, 1.82) is 0 Å². The molecule has 1 aliphatic heterocycles. The zero-order chi connectivity index (χ0) is 15.2. The fourth-order valence-electron chi connectivity index (χ4n) is 1.97. The fourth-order valence-corrected chi connectivity index (χ4v) is 1.97. The largest absolute Gasteiger partial charge is 0.469 e. The SMILES string of the molecule is C=CCN(CCC(=O)OC)C(=O)c1ccc2c(c1)OCO2. The van der Waals surface area contributed by atoms with Crippen molar-refractivity contribution >= 4 is 11.9 Å². The average Bonchev–Trinajstić information content (AvgIpc) is 2.97. The highest BCUT2D eigenvalue weighted by molar-refractivity contribution is 5.95. The van der Waals surface area contributed by atoms with Gasteiger partial charge in [-0.3, -0.25) is 9.59 Å². The second kappa shape index (κ2) is 6.78. The Balaban J connectivity index is 2.10. The Morgan fingerprint density at radius 2 is 2.14 bits per heavy atom. The normalized spacial score (nSPS) is 11.9. The first kappa shape index (κ1) is 14.9. The molecule has 112 valence electrons. The molecule has 1 aromatic carbocycles. The minimum atomic E-state index is -0.359. The predicted molar refractivity (Wildman–Crippen MR) is 75.3 cm³/mol. The maximum atomic E-state index is 12.5. The van der Waals surface area contributed by atoms with Gasteiger partial charge in [0.15, 0.2) is 11.5 Å². The topological polar surface area (TPSA) is 65.1 Å². The van der Waals surface area contributed by atoms with E-state index >= 15 is 0 Å². The minimum Gasteiger partial charge on any atom is -0.469 e. The molecule has 0 saturated heterocycles. The van der Waals surface area contributed by atoms with Gasteiger partial charge in [0.1, 0.15) is 0 Å². The molecule has 0 atom stereocenters.